The molecule has 0 aliphatic rings. The van der Waals surface area contributed by atoms with Crippen molar-refractivity contribution in [2.24, 2.45) is 0 Å². The molecule has 0 atom stereocenters. The summed E-state index contributed by atoms with van der Waals surface area (Å²) < 4.78 is 0. The first-order valence-electron chi connectivity index (χ1n) is 6.04. The number of hydrogen-bond donors (Lipinski definition) is 0. The maximum Gasteiger partial charge on any atom is 0.0998 e. The standard InChI is InChI=1S/C17H14N2/c1-3-5-6-13(4-2)15-8-7-14(11-18)17-12-19-10-9-16(15)17/h3-10,12H,2H2,1H3/b5-3-,13-6+. The summed E-state index contributed by atoms with van der Waals surface area (Å²) in [5, 5.41) is 11.0. The Hall–Kier alpha value is -2.66. The van der Waals surface area contributed by atoms with E-state index in [9.17, 15) is 0 Å². The molecule has 2 aromatic rings. The zero-order valence-electron chi connectivity index (χ0n) is 10.8. The van der Waals surface area contributed by atoms with Crippen molar-refractivity contribution in [2.75, 3.05) is 0 Å². The number of nitrogens with zero attached hydrogens (tertiary/aromatic N) is 2. The van der Waals surface area contributed by atoms with Gasteiger partial charge in [0.15, 0.2) is 0 Å². The van der Waals surface area contributed by atoms with Gasteiger partial charge in [0.1, 0.15) is 0 Å². The lowest BCUT2D eigenvalue weighted by molar-refractivity contribution is 1.36. The number of aromatic nitrogens is 1. The van der Waals surface area contributed by atoms with E-state index in [0.717, 1.165) is 21.9 Å². The molecular weight excluding hydrogens is 232 g/mol. The van der Waals surface area contributed by atoms with Crippen LogP contribution in [0, 0.1) is 11.3 Å². The molecule has 0 fully saturated rings. The summed E-state index contributed by atoms with van der Waals surface area (Å²) in [6, 6.07) is 7.91. The van der Waals surface area contributed by atoms with Crippen molar-refractivity contribution in [1.82, 2.24) is 4.98 Å². The highest BCUT2D eigenvalue weighted by Gasteiger charge is 2.07. The van der Waals surface area contributed by atoms with E-state index in [1.165, 1.54) is 0 Å². The lowest BCUT2D eigenvalue weighted by atomic mass is 9.96. The van der Waals surface area contributed by atoms with E-state index in [2.05, 4.69) is 17.6 Å². The Balaban J connectivity index is 2.76. The Bertz CT molecular complexity index is 716. The number of allylic oxidation sites excluding steroid dienone is 5. The van der Waals surface area contributed by atoms with Gasteiger partial charge in [-0.3, -0.25) is 4.98 Å². The molecule has 0 radical (unpaired) electrons. The first-order chi connectivity index (χ1) is 9.31. The highest BCUT2D eigenvalue weighted by molar-refractivity contribution is 5.98. The van der Waals surface area contributed by atoms with Gasteiger partial charge in [-0.25, -0.2) is 0 Å². The zero-order chi connectivity index (χ0) is 13.7. The Labute approximate surface area is 113 Å². The van der Waals surface area contributed by atoms with E-state index < -0.39 is 0 Å². The predicted molar refractivity (Wildman–Crippen MR) is 79.4 cm³/mol. The highest BCUT2D eigenvalue weighted by atomic mass is 14.6. The van der Waals surface area contributed by atoms with Gasteiger partial charge in [-0.15, -0.1) is 0 Å². The molecule has 0 bridgehead atoms. The predicted octanol–water partition coefficient (Wildman–Crippen LogP) is 4.25. The molecule has 2 rings (SSSR count). The SMILES string of the molecule is C=C/C(=C\C=C/C)c1ccc(C#N)c2cnccc12. The molecule has 2 nitrogen and oxygen atoms in total. The summed E-state index contributed by atoms with van der Waals surface area (Å²) in [4.78, 5) is 4.10. The molecule has 19 heavy (non-hydrogen) atoms. The van der Waals surface area contributed by atoms with Crippen LogP contribution < -0.4 is 0 Å². The van der Waals surface area contributed by atoms with Gasteiger partial charge in [-0.2, -0.15) is 5.26 Å². The minimum Gasteiger partial charge on any atom is -0.264 e. The minimum atomic E-state index is 0.640. The summed E-state index contributed by atoms with van der Waals surface area (Å²) in [6.07, 6.45) is 11.2. The van der Waals surface area contributed by atoms with Crippen LogP contribution in [0.25, 0.3) is 16.3 Å². The Morgan fingerprint density at radius 3 is 2.84 bits per heavy atom. The number of fused-ring (bicyclic) bond motifs is 1. The first kappa shape index (κ1) is 12.8. The number of hydrogen-bond acceptors (Lipinski definition) is 2. The molecule has 0 N–H and O–H groups in total. The van der Waals surface area contributed by atoms with E-state index >= 15 is 0 Å². The van der Waals surface area contributed by atoms with Crippen LogP contribution in [0.3, 0.4) is 0 Å². The van der Waals surface area contributed by atoms with Crippen LogP contribution in [0.5, 0.6) is 0 Å². The normalized spacial score (nSPS) is 11.7. The number of rotatable bonds is 3. The molecule has 1 heterocycles. The lowest BCUT2D eigenvalue weighted by Gasteiger charge is -2.08. The smallest absolute Gasteiger partial charge is 0.0998 e. The Morgan fingerprint density at radius 1 is 1.32 bits per heavy atom. The third-order valence-electron chi connectivity index (χ3n) is 2.94. The molecule has 0 aliphatic heterocycles. The topological polar surface area (TPSA) is 36.7 Å². The van der Waals surface area contributed by atoms with Gasteiger partial charge in [-0.1, -0.05) is 36.9 Å². The molecule has 0 aliphatic carbocycles. The fraction of sp³-hybridized carbons (Fsp3) is 0.0588. The molecule has 0 spiro atoms. The maximum atomic E-state index is 9.14. The zero-order valence-corrected chi connectivity index (χ0v) is 10.8. The summed E-state index contributed by atoms with van der Waals surface area (Å²) in [6.45, 7) is 5.83. The first-order valence-corrected chi connectivity index (χ1v) is 6.04. The summed E-state index contributed by atoms with van der Waals surface area (Å²) in [7, 11) is 0. The van der Waals surface area contributed by atoms with Crippen molar-refractivity contribution in [3.63, 3.8) is 0 Å². The quantitative estimate of drug-likeness (QED) is 0.759. The van der Waals surface area contributed by atoms with Crippen LogP contribution in [0.1, 0.15) is 18.1 Å². The maximum absolute atomic E-state index is 9.14. The molecule has 1 aromatic heterocycles. The molecule has 0 unspecified atom stereocenters. The third kappa shape index (κ3) is 2.46. The van der Waals surface area contributed by atoms with E-state index in [-0.39, 0.29) is 0 Å². The van der Waals surface area contributed by atoms with Gasteiger partial charge in [0.05, 0.1) is 11.6 Å². The lowest BCUT2D eigenvalue weighted by Crippen LogP contribution is -1.88. The van der Waals surface area contributed by atoms with Crippen molar-refractivity contribution < 1.29 is 0 Å². The Morgan fingerprint density at radius 2 is 2.16 bits per heavy atom. The molecule has 1 aromatic carbocycles. The molecular formula is C17H14N2. The average molecular weight is 246 g/mol. The number of nitriles is 1. The Kier molecular flexibility index (Phi) is 3.90. The molecule has 92 valence electrons. The second-order valence-corrected chi connectivity index (χ2v) is 4.05. The van der Waals surface area contributed by atoms with Crippen LogP contribution in [0.2, 0.25) is 0 Å². The number of benzene rings is 1. The van der Waals surface area contributed by atoms with Crippen molar-refractivity contribution >= 4 is 16.3 Å². The van der Waals surface area contributed by atoms with Crippen LogP contribution in [0.15, 0.2) is 61.5 Å². The van der Waals surface area contributed by atoms with Gasteiger partial charge >= 0.3 is 0 Å². The van der Waals surface area contributed by atoms with Crippen molar-refractivity contribution in [2.45, 2.75) is 6.92 Å². The molecule has 2 heteroatoms. The molecule has 0 saturated carbocycles. The van der Waals surface area contributed by atoms with Crippen molar-refractivity contribution in [1.29, 1.82) is 5.26 Å². The van der Waals surface area contributed by atoms with Crippen LogP contribution >= 0.6 is 0 Å². The highest BCUT2D eigenvalue weighted by Crippen LogP contribution is 2.27. The summed E-state index contributed by atoms with van der Waals surface area (Å²) >= 11 is 0. The van der Waals surface area contributed by atoms with E-state index in [1.54, 1.807) is 12.4 Å². The van der Waals surface area contributed by atoms with Crippen LogP contribution in [-0.2, 0) is 0 Å². The van der Waals surface area contributed by atoms with Crippen molar-refractivity contribution in [3.05, 3.63) is 72.6 Å². The minimum absolute atomic E-state index is 0.640. The van der Waals surface area contributed by atoms with Gasteiger partial charge in [-0.05, 0) is 35.6 Å². The number of pyridine rings is 1. The average Bonchev–Trinajstić information content (AvgIpc) is 2.48. The fourth-order valence-corrected chi connectivity index (χ4v) is 2.01. The monoisotopic (exact) mass is 246 g/mol. The largest absolute Gasteiger partial charge is 0.264 e. The summed E-state index contributed by atoms with van der Waals surface area (Å²) in [5.74, 6) is 0. The second-order valence-electron chi connectivity index (χ2n) is 4.05. The van der Waals surface area contributed by atoms with Crippen molar-refractivity contribution in [3.8, 4) is 6.07 Å². The fourth-order valence-electron chi connectivity index (χ4n) is 2.01. The van der Waals surface area contributed by atoms with E-state index in [1.807, 2.05) is 49.4 Å². The van der Waals surface area contributed by atoms with E-state index in [4.69, 9.17) is 5.26 Å². The molecule has 0 amide bonds. The van der Waals surface area contributed by atoms with Crippen LogP contribution in [0.4, 0.5) is 0 Å². The summed E-state index contributed by atoms with van der Waals surface area (Å²) in [5.41, 5.74) is 2.73. The third-order valence-corrected chi connectivity index (χ3v) is 2.94. The van der Waals surface area contributed by atoms with Gasteiger partial charge in [0.25, 0.3) is 0 Å². The van der Waals surface area contributed by atoms with Gasteiger partial charge in [0, 0.05) is 17.8 Å². The molecule has 0 saturated heterocycles. The van der Waals surface area contributed by atoms with Gasteiger partial charge < -0.3 is 0 Å². The van der Waals surface area contributed by atoms with E-state index in [0.29, 0.717) is 5.56 Å². The van der Waals surface area contributed by atoms with Gasteiger partial charge in [0.2, 0.25) is 0 Å². The second kappa shape index (κ2) is 5.79. The van der Waals surface area contributed by atoms with Crippen LogP contribution in [-0.4, -0.2) is 4.98 Å².